The van der Waals surface area contributed by atoms with Crippen LogP contribution in [0.2, 0.25) is 0 Å². The molecule has 2 atom stereocenters. The minimum Gasteiger partial charge on any atom is -0.492 e. The summed E-state index contributed by atoms with van der Waals surface area (Å²) in [7, 11) is 0. The molecule has 0 bridgehead atoms. The first-order valence-electron chi connectivity index (χ1n) is 10.5. The Morgan fingerprint density at radius 3 is 2.52 bits per heavy atom. The summed E-state index contributed by atoms with van der Waals surface area (Å²) in [6.07, 6.45) is 0.235. The van der Waals surface area contributed by atoms with Crippen molar-refractivity contribution in [3.05, 3.63) is 60.2 Å². The number of likely N-dealkylation sites (tertiary alicyclic amines) is 1. The Bertz CT molecular complexity index is 915. The highest BCUT2D eigenvalue weighted by molar-refractivity contribution is 5.97. The number of carbonyl (C=O) groups excluding carboxylic acids is 3. The number of nitrogens with one attached hydrogen (secondary N) is 1. The number of amides is 2. The minimum atomic E-state index is -1.11. The predicted molar refractivity (Wildman–Crippen MR) is 116 cm³/mol. The van der Waals surface area contributed by atoms with E-state index in [0.717, 1.165) is 6.42 Å². The zero-order chi connectivity index (χ0) is 22.2. The summed E-state index contributed by atoms with van der Waals surface area (Å²) in [5.74, 6) is -0.922. The van der Waals surface area contributed by atoms with Crippen LogP contribution in [0.5, 0.6) is 5.75 Å². The zero-order valence-corrected chi connectivity index (χ0v) is 17.9. The number of rotatable bonds is 7. The highest BCUT2D eigenvalue weighted by atomic mass is 16.5. The first-order valence-corrected chi connectivity index (χ1v) is 10.5. The standard InChI is InChI=1S/C24H28N2O5/c1-3-30-21-14-8-7-13-20(21)25-23(28)22(18-10-5-4-6-11-18)31-24(29)19-12-9-15-26(16-19)17(2)27/h4-8,10-11,13-14,19,22H,3,9,12,15-16H2,1-2H3,(H,25,28). The highest BCUT2D eigenvalue weighted by Crippen LogP contribution is 2.28. The molecule has 0 saturated carbocycles. The fourth-order valence-electron chi connectivity index (χ4n) is 3.62. The van der Waals surface area contributed by atoms with Gasteiger partial charge in [0.15, 0.2) is 0 Å². The van der Waals surface area contributed by atoms with E-state index in [1.807, 2.05) is 19.1 Å². The van der Waals surface area contributed by atoms with E-state index in [0.29, 0.717) is 43.1 Å². The van der Waals surface area contributed by atoms with E-state index in [4.69, 9.17) is 9.47 Å². The maximum absolute atomic E-state index is 13.2. The summed E-state index contributed by atoms with van der Waals surface area (Å²) in [5, 5.41) is 2.82. The van der Waals surface area contributed by atoms with Gasteiger partial charge in [-0.15, -0.1) is 0 Å². The van der Waals surface area contributed by atoms with Crippen LogP contribution < -0.4 is 10.1 Å². The van der Waals surface area contributed by atoms with Gasteiger partial charge in [0.05, 0.1) is 18.2 Å². The number of benzene rings is 2. The first kappa shape index (κ1) is 22.3. The third kappa shape index (κ3) is 5.84. The SMILES string of the molecule is CCOc1ccccc1NC(=O)C(OC(=O)C1CCCN(C(C)=O)C1)c1ccccc1. The van der Waals surface area contributed by atoms with Gasteiger partial charge in [0, 0.05) is 25.6 Å². The lowest BCUT2D eigenvalue weighted by molar-refractivity contribution is -0.161. The van der Waals surface area contributed by atoms with Gasteiger partial charge in [0.25, 0.3) is 5.91 Å². The normalized spacial score (nSPS) is 16.8. The van der Waals surface area contributed by atoms with Crippen molar-refractivity contribution < 1.29 is 23.9 Å². The maximum atomic E-state index is 13.2. The number of carbonyl (C=O) groups is 3. The van der Waals surface area contributed by atoms with E-state index in [1.165, 1.54) is 6.92 Å². The Labute approximate surface area is 182 Å². The lowest BCUT2D eigenvalue weighted by Crippen LogP contribution is -2.42. The lowest BCUT2D eigenvalue weighted by atomic mass is 9.98. The second kappa shape index (κ2) is 10.6. The molecule has 0 spiro atoms. The van der Waals surface area contributed by atoms with E-state index >= 15 is 0 Å². The largest absolute Gasteiger partial charge is 0.492 e. The fraction of sp³-hybridized carbons (Fsp3) is 0.375. The molecule has 2 amide bonds. The molecule has 164 valence electrons. The van der Waals surface area contributed by atoms with Gasteiger partial charge in [0.1, 0.15) is 5.75 Å². The average molecular weight is 424 g/mol. The van der Waals surface area contributed by atoms with Crippen LogP contribution >= 0.6 is 0 Å². The quantitative estimate of drug-likeness (QED) is 0.687. The number of hydrogen-bond donors (Lipinski definition) is 1. The predicted octanol–water partition coefficient (Wildman–Crippen LogP) is 3.57. The number of anilines is 1. The van der Waals surface area contributed by atoms with Crippen LogP contribution in [0.15, 0.2) is 54.6 Å². The van der Waals surface area contributed by atoms with E-state index < -0.39 is 23.9 Å². The van der Waals surface area contributed by atoms with Crippen molar-refractivity contribution >= 4 is 23.5 Å². The van der Waals surface area contributed by atoms with Crippen LogP contribution in [-0.2, 0) is 19.1 Å². The molecular formula is C24H28N2O5. The molecule has 0 aliphatic carbocycles. The molecule has 1 aliphatic heterocycles. The van der Waals surface area contributed by atoms with Gasteiger partial charge >= 0.3 is 5.97 Å². The summed E-state index contributed by atoms with van der Waals surface area (Å²) < 4.78 is 11.3. The van der Waals surface area contributed by atoms with Crippen molar-refractivity contribution in [2.45, 2.75) is 32.8 Å². The number of nitrogens with zero attached hydrogens (tertiary/aromatic N) is 1. The molecule has 1 fully saturated rings. The number of esters is 1. The van der Waals surface area contributed by atoms with Gasteiger partial charge in [-0.05, 0) is 31.9 Å². The average Bonchev–Trinajstić information content (AvgIpc) is 2.79. The molecular weight excluding hydrogens is 396 g/mol. The van der Waals surface area contributed by atoms with Gasteiger partial charge in [-0.2, -0.15) is 0 Å². The smallest absolute Gasteiger partial charge is 0.311 e. The number of piperidine rings is 1. The van der Waals surface area contributed by atoms with Gasteiger partial charge < -0.3 is 19.7 Å². The van der Waals surface area contributed by atoms with Crippen LogP contribution in [0.25, 0.3) is 0 Å². The number of ether oxygens (including phenoxy) is 2. The molecule has 1 saturated heterocycles. The number of para-hydroxylation sites is 2. The molecule has 3 rings (SSSR count). The van der Waals surface area contributed by atoms with Gasteiger partial charge in [-0.3, -0.25) is 14.4 Å². The van der Waals surface area contributed by atoms with Gasteiger partial charge in [-0.1, -0.05) is 42.5 Å². The van der Waals surface area contributed by atoms with Crippen LogP contribution in [0.4, 0.5) is 5.69 Å². The second-order valence-corrected chi connectivity index (χ2v) is 7.45. The van der Waals surface area contributed by atoms with E-state index in [1.54, 1.807) is 47.4 Å². The van der Waals surface area contributed by atoms with Crippen LogP contribution in [0.1, 0.15) is 38.4 Å². The van der Waals surface area contributed by atoms with Crippen molar-refractivity contribution in [1.29, 1.82) is 0 Å². The Kier molecular flexibility index (Phi) is 7.65. The van der Waals surface area contributed by atoms with Crippen LogP contribution in [0, 0.1) is 5.92 Å². The second-order valence-electron chi connectivity index (χ2n) is 7.45. The Morgan fingerprint density at radius 2 is 1.81 bits per heavy atom. The topological polar surface area (TPSA) is 84.9 Å². The molecule has 2 aromatic rings. The minimum absolute atomic E-state index is 0.0672. The molecule has 1 heterocycles. The van der Waals surface area contributed by atoms with Crippen molar-refractivity contribution in [3.8, 4) is 5.75 Å². The van der Waals surface area contributed by atoms with E-state index in [-0.39, 0.29) is 5.91 Å². The molecule has 0 radical (unpaired) electrons. The van der Waals surface area contributed by atoms with Crippen LogP contribution in [0.3, 0.4) is 0 Å². The molecule has 1 N–H and O–H groups in total. The van der Waals surface area contributed by atoms with Gasteiger partial charge in [-0.25, -0.2) is 0 Å². The molecule has 7 heteroatoms. The summed E-state index contributed by atoms with van der Waals surface area (Å²) in [5.41, 5.74) is 1.08. The third-order valence-corrected chi connectivity index (χ3v) is 5.22. The van der Waals surface area contributed by atoms with E-state index in [9.17, 15) is 14.4 Å². The highest BCUT2D eigenvalue weighted by Gasteiger charge is 2.33. The first-order chi connectivity index (χ1) is 15.0. The summed E-state index contributed by atoms with van der Waals surface area (Å²) in [6, 6.07) is 16.0. The summed E-state index contributed by atoms with van der Waals surface area (Å²) >= 11 is 0. The van der Waals surface area contributed by atoms with Crippen molar-refractivity contribution in [2.24, 2.45) is 5.92 Å². The third-order valence-electron chi connectivity index (χ3n) is 5.22. The van der Waals surface area contributed by atoms with E-state index in [2.05, 4.69) is 5.32 Å². The molecule has 31 heavy (non-hydrogen) atoms. The molecule has 1 aliphatic rings. The molecule has 2 unspecified atom stereocenters. The monoisotopic (exact) mass is 424 g/mol. The van der Waals surface area contributed by atoms with Gasteiger partial charge in [0.2, 0.25) is 12.0 Å². The molecule has 2 aromatic carbocycles. The Hall–Kier alpha value is -3.35. The van der Waals surface area contributed by atoms with Crippen molar-refractivity contribution in [3.63, 3.8) is 0 Å². The number of hydrogen-bond acceptors (Lipinski definition) is 5. The Balaban J connectivity index is 1.78. The summed E-state index contributed by atoms with van der Waals surface area (Å²) in [4.78, 5) is 39.4. The Morgan fingerprint density at radius 1 is 1.10 bits per heavy atom. The maximum Gasteiger partial charge on any atom is 0.311 e. The fourth-order valence-corrected chi connectivity index (χ4v) is 3.62. The van der Waals surface area contributed by atoms with Crippen LogP contribution in [-0.4, -0.2) is 42.4 Å². The zero-order valence-electron chi connectivity index (χ0n) is 17.9. The molecule has 0 aromatic heterocycles. The summed E-state index contributed by atoms with van der Waals surface area (Å²) in [6.45, 7) is 4.75. The van der Waals surface area contributed by atoms with Crippen molar-refractivity contribution in [1.82, 2.24) is 4.90 Å². The molecule has 7 nitrogen and oxygen atoms in total. The van der Waals surface area contributed by atoms with Crippen molar-refractivity contribution in [2.75, 3.05) is 25.0 Å². The lowest BCUT2D eigenvalue weighted by Gasteiger charge is -2.31.